The number of carboxylic acid groups (broad SMARTS) is 1. The Balaban J connectivity index is 3.31. The van der Waals surface area contributed by atoms with E-state index in [1.54, 1.807) is 6.92 Å². The summed E-state index contributed by atoms with van der Waals surface area (Å²) in [6, 6.07) is 0. The molecule has 0 aliphatic carbocycles. The molecule has 1 N–H and O–H groups in total. The maximum absolute atomic E-state index is 11.7. The topological polar surface area (TPSA) is 81.3 Å². The van der Waals surface area contributed by atoms with Gasteiger partial charge in [0, 0.05) is 25.9 Å². The number of aliphatic carboxylic acids is 1. The van der Waals surface area contributed by atoms with Gasteiger partial charge in [-0.25, -0.2) is 4.79 Å². The Morgan fingerprint density at radius 3 is 2.50 bits per heavy atom. The highest BCUT2D eigenvalue weighted by molar-refractivity contribution is 5.67. The summed E-state index contributed by atoms with van der Waals surface area (Å²) in [5.41, 5.74) is -0.514. The van der Waals surface area contributed by atoms with Crippen LogP contribution in [0.15, 0.2) is 15.8 Å². The van der Waals surface area contributed by atoms with E-state index in [-0.39, 0.29) is 6.42 Å². The molecule has 1 unspecified atom stereocenters. The third-order valence-electron chi connectivity index (χ3n) is 2.48. The number of rotatable bonds is 3. The van der Waals surface area contributed by atoms with Crippen LogP contribution in [0.1, 0.15) is 24.8 Å². The summed E-state index contributed by atoms with van der Waals surface area (Å²) in [6.45, 7) is 1.65. The average Bonchev–Trinajstić information content (AvgIpc) is 2.19. The van der Waals surface area contributed by atoms with Crippen molar-refractivity contribution in [3.8, 4) is 0 Å². The van der Waals surface area contributed by atoms with Gasteiger partial charge in [-0.2, -0.15) is 0 Å². The summed E-state index contributed by atoms with van der Waals surface area (Å²) in [6.07, 6.45) is 1.27. The molecular formula is C10H14N2O4. The molecule has 1 atom stereocenters. The molecule has 6 nitrogen and oxygen atoms in total. The molecule has 0 saturated heterocycles. The SMILES string of the molecule is CC(CC(=O)O)c1cn(C)c(=O)n(C)c1=O. The Hall–Kier alpha value is -1.85. The molecule has 0 aliphatic rings. The van der Waals surface area contributed by atoms with Gasteiger partial charge in [-0.15, -0.1) is 0 Å². The maximum atomic E-state index is 11.7. The molecule has 16 heavy (non-hydrogen) atoms. The van der Waals surface area contributed by atoms with Gasteiger partial charge in [0.05, 0.1) is 6.42 Å². The fourth-order valence-corrected chi connectivity index (χ4v) is 1.55. The van der Waals surface area contributed by atoms with Crippen LogP contribution >= 0.6 is 0 Å². The van der Waals surface area contributed by atoms with Gasteiger partial charge in [0.2, 0.25) is 0 Å². The maximum Gasteiger partial charge on any atom is 0.330 e. The minimum absolute atomic E-state index is 0.132. The molecule has 0 spiro atoms. The lowest BCUT2D eigenvalue weighted by Gasteiger charge is -2.11. The van der Waals surface area contributed by atoms with E-state index < -0.39 is 23.1 Å². The van der Waals surface area contributed by atoms with Crippen molar-refractivity contribution in [3.05, 3.63) is 32.6 Å². The fourth-order valence-electron chi connectivity index (χ4n) is 1.55. The summed E-state index contributed by atoms with van der Waals surface area (Å²) >= 11 is 0. The fraction of sp³-hybridized carbons (Fsp3) is 0.500. The lowest BCUT2D eigenvalue weighted by atomic mass is 10.0. The van der Waals surface area contributed by atoms with E-state index >= 15 is 0 Å². The summed E-state index contributed by atoms with van der Waals surface area (Å²) in [5, 5.41) is 8.65. The summed E-state index contributed by atoms with van der Waals surface area (Å²) in [4.78, 5) is 33.7. The van der Waals surface area contributed by atoms with Gasteiger partial charge in [-0.3, -0.25) is 14.2 Å². The van der Waals surface area contributed by atoms with Gasteiger partial charge in [-0.05, 0) is 5.92 Å². The van der Waals surface area contributed by atoms with Crippen LogP contribution in [-0.4, -0.2) is 20.2 Å². The van der Waals surface area contributed by atoms with Crippen LogP contribution in [0, 0.1) is 0 Å². The molecule has 0 fully saturated rings. The number of hydrogen-bond acceptors (Lipinski definition) is 3. The van der Waals surface area contributed by atoms with Crippen LogP contribution in [0.2, 0.25) is 0 Å². The van der Waals surface area contributed by atoms with E-state index in [0.29, 0.717) is 5.56 Å². The molecule has 0 bridgehead atoms. The zero-order chi connectivity index (χ0) is 12.5. The third-order valence-corrected chi connectivity index (χ3v) is 2.48. The Bertz CT molecular complexity index is 527. The van der Waals surface area contributed by atoms with Crippen LogP contribution in [0.5, 0.6) is 0 Å². The highest BCUT2D eigenvalue weighted by Gasteiger charge is 2.16. The quantitative estimate of drug-likeness (QED) is 0.764. The molecule has 0 radical (unpaired) electrons. The molecule has 0 amide bonds. The van der Waals surface area contributed by atoms with E-state index in [4.69, 9.17) is 5.11 Å². The largest absolute Gasteiger partial charge is 0.481 e. The normalized spacial score (nSPS) is 12.4. The average molecular weight is 226 g/mol. The lowest BCUT2D eigenvalue weighted by molar-refractivity contribution is -0.137. The number of aromatic nitrogens is 2. The zero-order valence-corrected chi connectivity index (χ0v) is 9.43. The van der Waals surface area contributed by atoms with E-state index in [9.17, 15) is 14.4 Å². The first-order valence-electron chi connectivity index (χ1n) is 4.83. The summed E-state index contributed by atoms with van der Waals surface area (Å²) in [5.74, 6) is -1.38. The van der Waals surface area contributed by atoms with Gasteiger partial charge >= 0.3 is 11.7 Å². The number of hydrogen-bond donors (Lipinski definition) is 1. The molecule has 1 aromatic heterocycles. The van der Waals surface area contributed by atoms with Crippen molar-refractivity contribution in [2.24, 2.45) is 14.1 Å². The Labute approximate surface area is 91.8 Å². The van der Waals surface area contributed by atoms with Gasteiger partial charge in [0.25, 0.3) is 5.56 Å². The number of aryl methyl sites for hydroxylation is 1. The molecule has 6 heteroatoms. The number of nitrogens with zero attached hydrogens (tertiary/aromatic N) is 2. The Morgan fingerprint density at radius 1 is 1.44 bits per heavy atom. The van der Waals surface area contributed by atoms with Crippen molar-refractivity contribution in [2.75, 3.05) is 0 Å². The molecule has 1 heterocycles. The van der Waals surface area contributed by atoms with Crippen LogP contribution in [0.3, 0.4) is 0 Å². The van der Waals surface area contributed by atoms with Gasteiger partial charge in [0.1, 0.15) is 0 Å². The molecule has 0 aromatic carbocycles. The highest BCUT2D eigenvalue weighted by atomic mass is 16.4. The Morgan fingerprint density at radius 2 is 2.00 bits per heavy atom. The number of carbonyl (C=O) groups is 1. The second kappa shape index (κ2) is 4.34. The van der Waals surface area contributed by atoms with Crippen molar-refractivity contribution < 1.29 is 9.90 Å². The molecule has 88 valence electrons. The van der Waals surface area contributed by atoms with Crippen molar-refractivity contribution in [1.82, 2.24) is 9.13 Å². The van der Waals surface area contributed by atoms with Gasteiger partial charge in [-0.1, -0.05) is 6.92 Å². The van der Waals surface area contributed by atoms with E-state index in [0.717, 1.165) is 4.57 Å². The Kier molecular flexibility index (Phi) is 3.31. The minimum atomic E-state index is -0.969. The van der Waals surface area contributed by atoms with E-state index in [2.05, 4.69) is 0 Å². The van der Waals surface area contributed by atoms with Crippen molar-refractivity contribution in [1.29, 1.82) is 0 Å². The second-order valence-corrected chi connectivity index (χ2v) is 3.84. The van der Waals surface area contributed by atoms with Crippen LogP contribution in [0.4, 0.5) is 0 Å². The number of carboxylic acids is 1. The third kappa shape index (κ3) is 2.21. The molecular weight excluding hydrogens is 212 g/mol. The molecule has 1 aromatic rings. The predicted molar refractivity (Wildman–Crippen MR) is 57.6 cm³/mol. The van der Waals surface area contributed by atoms with E-state index in [1.165, 1.54) is 24.9 Å². The molecule has 0 aliphatic heterocycles. The first-order chi connectivity index (χ1) is 7.34. The minimum Gasteiger partial charge on any atom is -0.481 e. The standard InChI is InChI=1S/C10H14N2O4/c1-6(4-8(13)14)7-5-11(2)10(16)12(3)9(7)15/h5-6H,4H2,1-3H3,(H,13,14). The van der Waals surface area contributed by atoms with Crippen molar-refractivity contribution in [3.63, 3.8) is 0 Å². The second-order valence-electron chi connectivity index (χ2n) is 3.84. The summed E-state index contributed by atoms with van der Waals surface area (Å²) < 4.78 is 2.25. The first-order valence-corrected chi connectivity index (χ1v) is 4.83. The lowest BCUT2D eigenvalue weighted by Crippen LogP contribution is -2.39. The van der Waals surface area contributed by atoms with Crippen LogP contribution < -0.4 is 11.2 Å². The van der Waals surface area contributed by atoms with Gasteiger partial charge < -0.3 is 9.67 Å². The zero-order valence-electron chi connectivity index (χ0n) is 9.43. The predicted octanol–water partition coefficient (Wildman–Crippen LogP) is -0.338. The molecule has 1 rings (SSSR count). The summed E-state index contributed by atoms with van der Waals surface area (Å²) in [7, 11) is 2.90. The highest BCUT2D eigenvalue weighted by Crippen LogP contribution is 2.13. The monoisotopic (exact) mass is 226 g/mol. The van der Waals surface area contributed by atoms with Crippen molar-refractivity contribution in [2.45, 2.75) is 19.3 Å². The van der Waals surface area contributed by atoms with E-state index in [1.807, 2.05) is 0 Å². The van der Waals surface area contributed by atoms with Crippen LogP contribution in [-0.2, 0) is 18.9 Å². The van der Waals surface area contributed by atoms with Gasteiger partial charge in [0.15, 0.2) is 0 Å². The smallest absolute Gasteiger partial charge is 0.330 e. The first kappa shape index (κ1) is 12.2. The molecule has 0 saturated carbocycles. The van der Waals surface area contributed by atoms with Crippen molar-refractivity contribution >= 4 is 5.97 Å². The van der Waals surface area contributed by atoms with Crippen LogP contribution in [0.25, 0.3) is 0 Å².